The number of carbonyl (C=O) groups excluding carboxylic acids is 3. The molecule has 0 saturated heterocycles. The van der Waals surface area contributed by atoms with E-state index in [4.69, 9.17) is 14.2 Å². The molecule has 0 fully saturated rings. The molecule has 1 atom stereocenters. The number of hydrogen-bond acceptors (Lipinski definition) is 6. The molecule has 0 heterocycles. The summed E-state index contributed by atoms with van der Waals surface area (Å²) >= 11 is 0. The first-order valence-electron chi connectivity index (χ1n) is 35.6. The standard InChI is InChI=1S/C74H136O6/c1-4-7-10-13-16-19-22-25-28-30-32-33-34-35-36-37-38-39-40-41-43-44-46-49-52-55-58-61-64-67-73(76)79-70-71(69-78-72(75)66-63-60-57-54-51-48-27-24-21-18-15-12-9-6-3)80-74(77)68-65-62-59-56-53-50-47-45-42-31-29-26-23-20-17-14-11-8-5-2/h17,20,22,25-26,29-30,32,71H,4-16,18-19,21,23-24,27-28,31,33-70H2,1-3H3/b20-17-,25-22-,29-26-,32-30-. The molecule has 0 N–H and O–H groups in total. The molecule has 0 bridgehead atoms. The summed E-state index contributed by atoms with van der Waals surface area (Å²) < 4.78 is 17.0. The topological polar surface area (TPSA) is 78.9 Å². The Morgan fingerprint density at radius 3 is 0.713 bits per heavy atom. The predicted octanol–water partition coefficient (Wildman–Crippen LogP) is 24.5. The molecule has 0 aliphatic heterocycles. The Hall–Kier alpha value is -2.63. The van der Waals surface area contributed by atoms with Crippen LogP contribution in [0.15, 0.2) is 48.6 Å². The van der Waals surface area contributed by atoms with Crippen LogP contribution in [-0.2, 0) is 28.6 Å². The van der Waals surface area contributed by atoms with Crippen LogP contribution in [0, 0.1) is 0 Å². The minimum absolute atomic E-state index is 0.0693. The molecule has 0 amide bonds. The third-order valence-corrected chi connectivity index (χ3v) is 16.1. The smallest absolute Gasteiger partial charge is 0.306 e. The Bertz CT molecular complexity index is 1380. The highest BCUT2D eigenvalue weighted by molar-refractivity contribution is 5.71. The van der Waals surface area contributed by atoms with Crippen molar-refractivity contribution in [3.63, 3.8) is 0 Å². The minimum atomic E-state index is -0.773. The van der Waals surface area contributed by atoms with E-state index in [1.807, 2.05) is 0 Å². The van der Waals surface area contributed by atoms with E-state index < -0.39 is 6.10 Å². The second kappa shape index (κ2) is 68.9. The lowest BCUT2D eigenvalue weighted by molar-refractivity contribution is -0.167. The Morgan fingerprint density at radius 1 is 0.250 bits per heavy atom. The fourth-order valence-electron chi connectivity index (χ4n) is 10.7. The molecule has 6 nitrogen and oxygen atoms in total. The molecule has 0 aromatic heterocycles. The van der Waals surface area contributed by atoms with Crippen molar-refractivity contribution in [3.05, 3.63) is 48.6 Å². The number of rotatable bonds is 66. The summed E-state index contributed by atoms with van der Waals surface area (Å²) in [6, 6.07) is 0. The Balaban J connectivity index is 4.21. The lowest BCUT2D eigenvalue weighted by atomic mass is 10.0. The summed E-state index contributed by atoms with van der Waals surface area (Å²) in [5.41, 5.74) is 0. The molecule has 0 radical (unpaired) electrons. The number of unbranched alkanes of at least 4 members (excludes halogenated alkanes) is 47. The average Bonchev–Trinajstić information content (AvgIpc) is 3.46. The molecular weight excluding hydrogens is 985 g/mol. The minimum Gasteiger partial charge on any atom is -0.462 e. The van der Waals surface area contributed by atoms with Crippen molar-refractivity contribution in [1.29, 1.82) is 0 Å². The average molecular weight is 1120 g/mol. The third kappa shape index (κ3) is 66.2. The van der Waals surface area contributed by atoms with E-state index in [2.05, 4.69) is 69.4 Å². The van der Waals surface area contributed by atoms with Gasteiger partial charge in [0.05, 0.1) is 0 Å². The van der Waals surface area contributed by atoms with Crippen LogP contribution in [0.3, 0.4) is 0 Å². The van der Waals surface area contributed by atoms with Gasteiger partial charge in [-0.2, -0.15) is 0 Å². The highest BCUT2D eigenvalue weighted by Crippen LogP contribution is 2.18. The number of allylic oxidation sites excluding steroid dienone is 8. The summed E-state index contributed by atoms with van der Waals surface area (Å²) in [6.45, 7) is 6.67. The van der Waals surface area contributed by atoms with Crippen LogP contribution in [0.1, 0.15) is 387 Å². The maximum atomic E-state index is 12.9. The van der Waals surface area contributed by atoms with Gasteiger partial charge in [0.25, 0.3) is 0 Å². The molecule has 0 aromatic carbocycles. The van der Waals surface area contributed by atoms with E-state index in [1.54, 1.807) is 0 Å². The summed E-state index contributed by atoms with van der Waals surface area (Å²) in [4.78, 5) is 38.4. The van der Waals surface area contributed by atoms with Crippen LogP contribution in [0.4, 0.5) is 0 Å². The quantitative estimate of drug-likeness (QED) is 0.0261. The van der Waals surface area contributed by atoms with Crippen molar-refractivity contribution in [3.8, 4) is 0 Å². The number of ether oxygens (including phenoxy) is 3. The second-order valence-corrected chi connectivity index (χ2v) is 24.1. The summed E-state index contributed by atoms with van der Waals surface area (Å²) in [6.07, 6.45) is 87.1. The monoisotopic (exact) mass is 1120 g/mol. The van der Waals surface area contributed by atoms with Crippen molar-refractivity contribution >= 4 is 17.9 Å². The number of carbonyl (C=O) groups is 3. The van der Waals surface area contributed by atoms with Gasteiger partial charge in [-0.25, -0.2) is 0 Å². The molecule has 0 saturated carbocycles. The van der Waals surface area contributed by atoms with Gasteiger partial charge in [0.1, 0.15) is 13.2 Å². The van der Waals surface area contributed by atoms with Crippen molar-refractivity contribution in [1.82, 2.24) is 0 Å². The van der Waals surface area contributed by atoms with E-state index >= 15 is 0 Å². The van der Waals surface area contributed by atoms with Gasteiger partial charge in [0, 0.05) is 19.3 Å². The Kier molecular flexibility index (Phi) is 66.6. The van der Waals surface area contributed by atoms with E-state index in [-0.39, 0.29) is 31.1 Å². The zero-order chi connectivity index (χ0) is 57.8. The van der Waals surface area contributed by atoms with Crippen LogP contribution in [0.2, 0.25) is 0 Å². The molecule has 468 valence electrons. The van der Waals surface area contributed by atoms with Crippen molar-refractivity contribution in [2.24, 2.45) is 0 Å². The molecule has 0 spiro atoms. The van der Waals surface area contributed by atoms with E-state index in [9.17, 15) is 14.4 Å². The highest BCUT2D eigenvalue weighted by Gasteiger charge is 2.19. The molecule has 0 aliphatic carbocycles. The molecule has 6 heteroatoms. The van der Waals surface area contributed by atoms with Crippen molar-refractivity contribution < 1.29 is 28.6 Å². The first kappa shape index (κ1) is 77.4. The van der Waals surface area contributed by atoms with E-state index in [0.717, 1.165) is 70.6 Å². The summed E-state index contributed by atoms with van der Waals surface area (Å²) in [5, 5.41) is 0. The van der Waals surface area contributed by atoms with Gasteiger partial charge >= 0.3 is 17.9 Å². The SMILES string of the molecule is CCCCC/C=C\C/C=C\CCCCCCCCCCCC(=O)OC(COC(=O)CCCCCCCCCCCCCCCC)COC(=O)CCCCCCCCCCCCCCCCCCC/C=C\C/C=C\CCCCCCC. The Morgan fingerprint density at radius 2 is 0.450 bits per heavy atom. The zero-order valence-electron chi connectivity index (χ0n) is 53.9. The van der Waals surface area contributed by atoms with Crippen LogP contribution >= 0.6 is 0 Å². The summed E-state index contributed by atoms with van der Waals surface area (Å²) in [7, 11) is 0. The normalized spacial score (nSPS) is 12.3. The van der Waals surface area contributed by atoms with Crippen molar-refractivity contribution in [2.75, 3.05) is 13.2 Å². The van der Waals surface area contributed by atoms with Gasteiger partial charge in [-0.1, -0.05) is 333 Å². The van der Waals surface area contributed by atoms with E-state index in [0.29, 0.717) is 19.3 Å². The molecule has 0 rings (SSSR count). The van der Waals surface area contributed by atoms with Gasteiger partial charge in [0.2, 0.25) is 0 Å². The fourth-order valence-corrected chi connectivity index (χ4v) is 10.7. The Labute approximate surface area is 498 Å². The molecule has 80 heavy (non-hydrogen) atoms. The molecular formula is C74H136O6. The number of esters is 3. The van der Waals surface area contributed by atoms with Crippen molar-refractivity contribution in [2.45, 2.75) is 393 Å². The first-order chi connectivity index (χ1) is 39.5. The lowest BCUT2D eigenvalue weighted by Gasteiger charge is -2.18. The van der Waals surface area contributed by atoms with Gasteiger partial charge < -0.3 is 14.2 Å². The summed E-state index contributed by atoms with van der Waals surface area (Å²) in [5.74, 6) is -0.846. The maximum Gasteiger partial charge on any atom is 0.306 e. The second-order valence-electron chi connectivity index (χ2n) is 24.1. The zero-order valence-corrected chi connectivity index (χ0v) is 53.9. The van der Waals surface area contributed by atoms with Gasteiger partial charge in [-0.15, -0.1) is 0 Å². The maximum absolute atomic E-state index is 12.9. The first-order valence-corrected chi connectivity index (χ1v) is 35.6. The lowest BCUT2D eigenvalue weighted by Crippen LogP contribution is -2.30. The van der Waals surface area contributed by atoms with Crippen LogP contribution in [0.5, 0.6) is 0 Å². The van der Waals surface area contributed by atoms with Crippen LogP contribution in [0.25, 0.3) is 0 Å². The largest absolute Gasteiger partial charge is 0.462 e. The van der Waals surface area contributed by atoms with Gasteiger partial charge in [-0.05, 0) is 83.5 Å². The van der Waals surface area contributed by atoms with Gasteiger partial charge in [-0.3, -0.25) is 14.4 Å². The number of hydrogen-bond donors (Lipinski definition) is 0. The van der Waals surface area contributed by atoms with E-state index in [1.165, 1.54) is 276 Å². The third-order valence-electron chi connectivity index (χ3n) is 16.1. The predicted molar refractivity (Wildman–Crippen MR) is 349 cm³/mol. The van der Waals surface area contributed by atoms with Crippen LogP contribution < -0.4 is 0 Å². The highest BCUT2D eigenvalue weighted by atomic mass is 16.6. The van der Waals surface area contributed by atoms with Gasteiger partial charge in [0.15, 0.2) is 6.10 Å². The molecule has 0 aromatic rings. The fraction of sp³-hybridized carbons (Fsp3) is 0.851. The molecule has 1 unspecified atom stereocenters. The molecule has 0 aliphatic rings. The van der Waals surface area contributed by atoms with Crippen LogP contribution in [-0.4, -0.2) is 37.2 Å².